The third-order valence-corrected chi connectivity index (χ3v) is 0.887. The number of carbonyl (C=O) groups is 1. The van der Waals surface area contributed by atoms with Crippen LogP contribution in [-0.2, 0) is 9.59 Å². The van der Waals surface area contributed by atoms with E-state index >= 15 is 0 Å². The van der Waals surface area contributed by atoms with Gasteiger partial charge < -0.3 is 0 Å². The Morgan fingerprint density at radius 3 is 2.90 bits per heavy atom. The van der Waals surface area contributed by atoms with Gasteiger partial charge in [-0.3, -0.25) is 4.79 Å². The van der Waals surface area contributed by atoms with E-state index in [1.165, 1.54) is 12.2 Å². The van der Waals surface area contributed by atoms with E-state index in [0.29, 0.717) is 6.42 Å². The number of hydrogen-bond acceptors (Lipinski definition) is 3. The van der Waals surface area contributed by atoms with Crippen LogP contribution in [0.15, 0.2) is 17.1 Å². The molecule has 0 atom stereocenters. The summed E-state index contributed by atoms with van der Waals surface area (Å²) in [6.07, 6.45) is 4.77. The smallest absolute Gasteiger partial charge is 0.234 e. The predicted octanol–water partition coefficient (Wildman–Crippen LogP) is 0.858. The summed E-state index contributed by atoms with van der Waals surface area (Å²) in [7, 11) is 0. The number of allylic oxidation sites excluding steroid dienone is 2. The van der Waals surface area contributed by atoms with Crippen LogP contribution in [-0.4, -0.2) is 18.4 Å². The van der Waals surface area contributed by atoms with Crippen LogP contribution >= 0.6 is 0 Å². The van der Waals surface area contributed by atoms with Crippen molar-refractivity contribution in [1.29, 1.82) is 0 Å². The molecule has 0 saturated carbocycles. The molecule has 0 bridgehead atoms. The molecule has 0 radical (unpaired) electrons. The molecular formula is C7H9NO2. The van der Waals surface area contributed by atoms with Crippen LogP contribution in [0.2, 0.25) is 0 Å². The highest BCUT2D eigenvalue weighted by molar-refractivity contribution is 5.89. The van der Waals surface area contributed by atoms with Crippen molar-refractivity contribution in [2.24, 2.45) is 4.99 Å². The molecule has 0 fully saturated rings. The number of hydrogen-bond donors (Lipinski definition) is 0. The Labute approximate surface area is 59.5 Å². The molecule has 0 unspecified atom stereocenters. The fourth-order valence-corrected chi connectivity index (χ4v) is 0.481. The molecule has 0 aliphatic carbocycles. The molecule has 0 aliphatic heterocycles. The highest BCUT2D eigenvalue weighted by atomic mass is 16.1. The molecule has 0 rings (SSSR count). The second-order valence-corrected chi connectivity index (χ2v) is 1.69. The van der Waals surface area contributed by atoms with Crippen LogP contribution in [0.4, 0.5) is 0 Å². The van der Waals surface area contributed by atoms with E-state index in [0.717, 1.165) is 0 Å². The van der Waals surface area contributed by atoms with Crippen molar-refractivity contribution >= 4 is 11.9 Å². The molecule has 0 N–H and O–H groups in total. The number of nitrogens with zero attached hydrogens (tertiary/aromatic N) is 1. The molecule has 3 nitrogen and oxygen atoms in total. The van der Waals surface area contributed by atoms with Gasteiger partial charge in [0.05, 0.1) is 6.54 Å². The van der Waals surface area contributed by atoms with Gasteiger partial charge >= 0.3 is 0 Å². The van der Waals surface area contributed by atoms with E-state index in [1.54, 1.807) is 13.0 Å². The first-order valence-corrected chi connectivity index (χ1v) is 3.00. The van der Waals surface area contributed by atoms with Gasteiger partial charge in [-0.2, -0.15) is 0 Å². The monoisotopic (exact) mass is 139 g/mol. The lowest BCUT2D eigenvalue weighted by Gasteiger charge is -1.85. The lowest BCUT2D eigenvalue weighted by Crippen LogP contribution is -1.94. The number of rotatable bonds is 4. The fraction of sp³-hybridized carbons (Fsp3) is 0.429. The van der Waals surface area contributed by atoms with Crippen LogP contribution in [0.1, 0.15) is 13.3 Å². The molecule has 0 aromatic carbocycles. The van der Waals surface area contributed by atoms with Gasteiger partial charge in [-0.15, -0.1) is 0 Å². The van der Waals surface area contributed by atoms with Gasteiger partial charge in [-0.05, 0) is 13.0 Å². The first-order valence-electron chi connectivity index (χ1n) is 3.00. The van der Waals surface area contributed by atoms with Crippen molar-refractivity contribution in [3.05, 3.63) is 12.2 Å². The third kappa shape index (κ3) is 4.94. The molecule has 0 spiro atoms. The van der Waals surface area contributed by atoms with Crippen LogP contribution in [0, 0.1) is 0 Å². The second kappa shape index (κ2) is 5.92. The summed E-state index contributed by atoms with van der Waals surface area (Å²) in [6.45, 7) is 2.01. The topological polar surface area (TPSA) is 46.5 Å². The first-order chi connectivity index (χ1) is 4.81. The SMILES string of the molecule is CC=CC(=O)CCN=C=O. The highest BCUT2D eigenvalue weighted by Crippen LogP contribution is 1.85. The minimum atomic E-state index is -0.0125. The van der Waals surface area contributed by atoms with Gasteiger partial charge in [0.25, 0.3) is 0 Å². The van der Waals surface area contributed by atoms with Crippen LogP contribution < -0.4 is 0 Å². The number of ketones is 1. The largest absolute Gasteiger partial charge is 0.295 e. The van der Waals surface area contributed by atoms with E-state index in [9.17, 15) is 9.59 Å². The maximum atomic E-state index is 10.6. The highest BCUT2D eigenvalue weighted by Gasteiger charge is 1.92. The van der Waals surface area contributed by atoms with Crippen molar-refractivity contribution < 1.29 is 9.59 Å². The van der Waals surface area contributed by atoms with Crippen molar-refractivity contribution in [2.75, 3.05) is 6.54 Å². The zero-order chi connectivity index (χ0) is 7.82. The quantitative estimate of drug-likeness (QED) is 0.329. The minimum absolute atomic E-state index is 0.0125. The van der Waals surface area contributed by atoms with Crippen LogP contribution in [0.5, 0.6) is 0 Å². The summed E-state index contributed by atoms with van der Waals surface area (Å²) in [5.41, 5.74) is 0. The summed E-state index contributed by atoms with van der Waals surface area (Å²) < 4.78 is 0. The second-order valence-electron chi connectivity index (χ2n) is 1.69. The molecule has 0 amide bonds. The Bertz CT molecular complexity index is 178. The van der Waals surface area contributed by atoms with E-state index < -0.39 is 0 Å². The van der Waals surface area contributed by atoms with E-state index in [1.807, 2.05) is 0 Å². The summed E-state index contributed by atoms with van der Waals surface area (Å²) in [5.74, 6) is -0.0125. The number of carbonyl (C=O) groups excluding carboxylic acids is 2. The molecule has 0 aromatic rings. The fourth-order valence-electron chi connectivity index (χ4n) is 0.481. The Balaban J connectivity index is 3.49. The maximum absolute atomic E-state index is 10.6. The van der Waals surface area contributed by atoms with Crippen molar-refractivity contribution in [3.8, 4) is 0 Å². The molecule has 54 valence electrons. The lowest BCUT2D eigenvalue weighted by atomic mass is 10.3. The van der Waals surface area contributed by atoms with Crippen molar-refractivity contribution in [2.45, 2.75) is 13.3 Å². The molecular weight excluding hydrogens is 130 g/mol. The lowest BCUT2D eigenvalue weighted by molar-refractivity contribution is -0.114. The van der Waals surface area contributed by atoms with E-state index in [4.69, 9.17) is 0 Å². The molecule has 0 aliphatic rings. The van der Waals surface area contributed by atoms with Gasteiger partial charge in [0.1, 0.15) is 0 Å². The van der Waals surface area contributed by atoms with E-state index in [2.05, 4.69) is 4.99 Å². The van der Waals surface area contributed by atoms with Gasteiger partial charge in [0, 0.05) is 6.42 Å². The van der Waals surface area contributed by atoms with Crippen LogP contribution in [0.25, 0.3) is 0 Å². The molecule has 0 saturated heterocycles. The van der Waals surface area contributed by atoms with Crippen molar-refractivity contribution in [3.63, 3.8) is 0 Å². The standard InChI is InChI=1S/C7H9NO2/c1-2-3-7(10)4-5-8-6-9/h2-3H,4-5H2,1H3. The Kier molecular flexibility index (Phi) is 5.20. The Morgan fingerprint density at radius 2 is 2.40 bits per heavy atom. The Hall–Kier alpha value is -1.21. The molecule has 3 heteroatoms. The third-order valence-electron chi connectivity index (χ3n) is 0.887. The number of aliphatic imine (C=N–C) groups is 1. The van der Waals surface area contributed by atoms with E-state index in [-0.39, 0.29) is 12.3 Å². The maximum Gasteiger partial charge on any atom is 0.234 e. The van der Waals surface area contributed by atoms with Gasteiger partial charge in [0.15, 0.2) is 5.78 Å². The molecule has 0 heterocycles. The van der Waals surface area contributed by atoms with Crippen LogP contribution in [0.3, 0.4) is 0 Å². The number of isocyanates is 1. The van der Waals surface area contributed by atoms with Gasteiger partial charge in [-0.1, -0.05) is 6.08 Å². The predicted molar refractivity (Wildman–Crippen MR) is 37.4 cm³/mol. The average molecular weight is 139 g/mol. The average Bonchev–Trinajstić information content (AvgIpc) is 1.89. The van der Waals surface area contributed by atoms with Gasteiger partial charge in [-0.25, -0.2) is 9.79 Å². The summed E-state index contributed by atoms with van der Waals surface area (Å²) >= 11 is 0. The molecule has 0 aromatic heterocycles. The van der Waals surface area contributed by atoms with Gasteiger partial charge in [0.2, 0.25) is 6.08 Å². The summed E-state index contributed by atoms with van der Waals surface area (Å²) in [4.78, 5) is 23.4. The summed E-state index contributed by atoms with van der Waals surface area (Å²) in [6, 6.07) is 0. The zero-order valence-corrected chi connectivity index (χ0v) is 5.83. The minimum Gasteiger partial charge on any atom is -0.295 e. The Morgan fingerprint density at radius 1 is 1.70 bits per heavy atom. The first kappa shape index (κ1) is 8.79. The zero-order valence-electron chi connectivity index (χ0n) is 5.83. The van der Waals surface area contributed by atoms with Crippen molar-refractivity contribution in [1.82, 2.24) is 0 Å². The normalized spacial score (nSPS) is 9.30. The molecule has 10 heavy (non-hydrogen) atoms. The summed E-state index contributed by atoms with van der Waals surface area (Å²) in [5, 5.41) is 0.